The Kier molecular flexibility index (Phi) is 4.73. The smallest absolute Gasteiger partial charge is 0.380 e. The molecule has 0 aliphatic carbocycles. The highest BCUT2D eigenvalue weighted by Crippen LogP contribution is 2.37. The number of urea groups is 1. The SMILES string of the molecule is Nc1noc2cccc(-c3ccc4c(c3)CCN4C(=O)Nc3cc(F)cc(C(F)(F)F)c3)c12. The molecule has 0 bridgehead atoms. The fourth-order valence-corrected chi connectivity index (χ4v) is 4.05. The topological polar surface area (TPSA) is 84.4 Å². The molecule has 1 aliphatic heterocycles. The number of fused-ring (bicyclic) bond motifs is 2. The Morgan fingerprint density at radius 1 is 1.12 bits per heavy atom. The summed E-state index contributed by atoms with van der Waals surface area (Å²) in [6.07, 6.45) is -4.18. The third kappa shape index (κ3) is 3.73. The minimum atomic E-state index is -4.73. The first-order valence-electron chi connectivity index (χ1n) is 9.94. The van der Waals surface area contributed by atoms with Crippen LogP contribution in [0.15, 0.2) is 59.1 Å². The van der Waals surface area contributed by atoms with Gasteiger partial charge in [0, 0.05) is 17.9 Å². The molecule has 33 heavy (non-hydrogen) atoms. The molecule has 3 N–H and O–H groups in total. The largest absolute Gasteiger partial charge is 0.416 e. The lowest BCUT2D eigenvalue weighted by molar-refractivity contribution is -0.137. The van der Waals surface area contributed by atoms with E-state index in [1.807, 2.05) is 24.3 Å². The second kappa shape index (κ2) is 7.51. The molecular formula is C23H16F4N4O2. The van der Waals surface area contributed by atoms with Gasteiger partial charge in [0.05, 0.1) is 10.9 Å². The lowest BCUT2D eigenvalue weighted by atomic mass is 9.99. The van der Waals surface area contributed by atoms with Crippen molar-refractivity contribution in [3.8, 4) is 11.1 Å². The van der Waals surface area contributed by atoms with Crippen molar-refractivity contribution < 1.29 is 26.9 Å². The van der Waals surface area contributed by atoms with Crippen LogP contribution in [0.1, 0.15) is 11.1 Å². The number of alkyl halides is 3. The number of nitrogen functional groups attached to an aromatic ring is 1. The van der Waals surface area contributed by atoms with Gasteiger partial charge in [0.15, 0.2) is 11.4 Å². The number of carbonyl (C=O) groups excluding carboxylic acids is 1. The van der Waals surface area contributed by atoms with Crippen molar-refractivity contribution in [2.45, 2.75) is 12.6 Å². The lowest BCUT2D eigenvalue weighted by Crippen LogP contribution is -2.33. The fraction of sp³-hybridized carbons (Fsp3) is 0.130. The molecule has 2 amide bonds. The number of halogens is 4. The van der Waals surface area contributed by atoms with Crippen LogP contribution in [-0.4, -0.2) is 17.7 Å². The number of carbonyl (C=O) groups is 1. The quantitative estimate of drug-likeness (QED) is 0.372. The van der Waals surface area contributed by atoms with E-state index in [1.165, 1.54) is 4.90 Å². The van der Waals surface area contributed by atoms with E-state index in [9.17, 15) is 22.4 Å². The number of hydrogen-bond acceptors (Lipinski definition) is 4. The van der Waals surface area contributed by atoms with Gasteiger partial charge in [-0.15, -0.1) is 0 Å². The van der Waals surface area contributed by atoms with Gasteiger partial charge in [0.25, 0.3) is 0 Å². The lowest BCUT2D eigenvalue weighted by Gasteiger charge is -2.19. The molecule has 5 rings (SSSR count). The Morgan fingerprint density at radius 2 is 1.94 bits per heavy atom. The monoisotopic (exact) mass is 456 g/mol. The zero-order valence-electron chi connectivity index (χ0n) is 16.9. The predicted molar refractivity (Wildman–Crippen MR) is 115 cm³/mol. The Bertz CT molecular complexity index is 1400. The van der Waals surface area contributed by atoms with Crippen LogP contribution in [0.3, 0.4) is 0 Å². The Morgan fingerprint density at radius 3 is 2.73 bits per heavy atom. The first-order valence-corrected chi connectivity index (χ1v) is 9.94. The summed E-state index contributed by atoms with van der Waals surface area (Å²) in [7, 11) is 0. The summed E-state index contributed by atoms with van der Waals surface area (Å²) in [5, 5.41) is 6.86. The first-order chi connectivity index (χ1) is 15.7. The second-order valence-corrected chi connectivity index (χ2v) is 7.65. The van der Waals surface area contributed by atoms with Gasteiger partial charge in [0.2, 0.25) is 0 Å². The van der Waals surface area contributed by atoms with Gasteiger partial charge in [-0.1, -0.05) is 23.4 Å². The van der Waals surface area contributed by atoms with E-state index in [4.69, 9.17) is 10.3 Å². The van der Waals surface area contributed by atoms with Gasteiger partial charge in [0.1, 0.15) is 5.82 Å². The maximum atomic E-state index is 13.7. The molecular weight excluding hydrogens is 440 g/mol. The molecule has 6 nitrogen and oxygen atoms in total. The van der Waals surface area contributed by atoms with Crippen LogP contribution in [0.2, 0.25) is 0 Å². The van der Waals surface area contributed by atoms with E-state index in [2.05, 4.69) is 10.5 Å². The Labute approximate surface area is 184 Å². The number of nitrogens with zero attached hydrogens (tertiary/aromatic N) is 2. The Balaban J connectivity index is 1.42. The summed E-state index contributed by atoms with van der Waals surface area (Å²) in [5.41, 5.74) is 8.24. The van der Waals surface area contributed by atoms with E-state index < -0.39 is 23.6 Å². The van der Waals surface area contributed by atoms with Crippen molar-refractivity contribution in [2.24, 2.45) is 0 Å². The van der Waals surface area contributed by atoms with Gasteiger partial charge in [-0.25, -0.2) is 9.18 Å². The van der Waals surface area contributed by atoms with Crippen LogP contribution in [0, 0.1) is 5.82 Å². The van der Waals surface area contributed by atoms with Crippen LogP contribution >= 0.6 is 0 Å². The summed E-state index contributed by atoms with van der Waals surface area (Å²) in [6, 6.07) is 12.2. The van der Waals surface area contributed by atoms with Crippen LogP contribution in [0.4, 0.5) is 39.5 Å². The average molecular weight is 456 g/mol. The summed E-state index contributed by atoms with van der Waals surface area (Å²) in [5.74, 6) is -0.816. The standard InChI is InChI=1S/C23H16F4N4O2/c24-15-9-14(23(25,26)27)10-16(11-15)29-22(32)31-7-6-13-8-12(4-5-18(13)31)17-2-1-3-19-20(17)21(28)30-33-19/h1-5,8-11H,6-7H2,(H2,28,30)(H,29,32). The highest BCUT2D eigenvalue weighted by Gasteiger charge is 2.32. The molecule has 1 aliphatic rings. The predicted octanol–water partition coefficient (Wildman–Crippen LogP) is 5.83. The van der Waals surface area contributed by atoms with Crippen molar-refractivity contribution in [1.29, 1.82) is 0 Å². The molecule has 0 spiro atoms. The molecule has 168 valence electrons. The summed E-state index contributed by atoms with van der Waals surface area (Å²) < 4.78 is 57.7. The van der Waals surface area contributed by atoms with E-state index in [1.54, 1.807) is 12.1 Å². The normalized spacial score (nSPS) is 13.4. The van der Waals surface area contributed by atoms with Gasteiger partial charge in [-0.3, -0.25) is 4.90 Å². The molecule has 0 unspecified atom stereocenters. The first kappa shape index (κ1) is 20.8. The van der Waals surface area contributed by atoms with Gasteiger partial charge < -0.3 is 15.6 Å². The third-order valence-corrected chi connectivity index (χ3v) is 5.53. The number of nitrogens with two attached hydrogens (primary N) is 1. The second-order valence-electron chi connectivity index (χ2n) is 7.65. The number of benzene rings is 3. The van der Waals surface area contributed by atoms with Gasteiger partial charge in [-0.05, 0) is 59.5 Å². The zero-order valence-corrected chi connectivity index (χ0v) is 16.9. The Hall–Kier alpha value is -4.08. The molecule has 10 heteroatoms. The molecule has 0 radical (unpaired) electrons. The van der Waals surface area contributed by atoms with Crippen molar-refractivity contribution in [3.63, 3.8) is 0 Å². The number of nitrogens with one attached hydrogen (secondary N) is 1. The van der Waals surface area contributed by atoms with Crippen molar-refractivity contribution in [1.82, 2.24) is 5.16 Å². The number of aromatic nitrogens is 1. The molecule has 0 saturated heterocycles. The maximum Gasteiger partial charge on any atom is 0.416 e. The molecule has 4 aromatic rings. The van der Waals surface area contributed by atoms with E-state index in [0.717, 1.165) is 22.8 Å². The van der Waals surface area contributed by atoms with E-state index >= 15 is 0 Å². The van der Waals surface area contributed by atoms with Crippen molar-refractivity contribution in [2.75, 3.05) is 22.5 Å². The summed E-state index contributed by atoms with van der Waals surface area (Å²) >= 11 is 0. The van der Waals surface area contributed by atoms with Crippen LogP contribution in [0.25, 0.3) is 22.1 Å². The zero-order chi connectivity index (χ0) is 23.3. The van der Waals surface area contributed by atoms with Crippen LogP contribution in [0.5, 0.6) is 0 Å². The number of hydrogen-bond donors (Lipinski definition) is 2. The minimum Gasteiger partial charge on any atom is -0.380 e. The van der Waals surface area contributed by atoms with Gasteiger partial charge >= 0.3 is 12.2 Å². The maximum absolute atomic E-state index is 13.7. The van der Waals surface area contributed by atoms with Gasteiger partial charge in [-0.2, -0.15) is 13.2 Å². The molecule has 0 saturated carbocycles. The average Bonchev–Trinajstić information content (AvgIpc) is 3.36. The van der Waals surface area contributed by atoms with E-state index in [0.29, 0.717) is 41.8 Å². The molecule has 0 atom stereocenters. The van der Waals surface area contributed by atoms with Crippen LogP contribution in [-0.2, 0) is 12.6 Å². The summed E-state index contributed by atoms with van der Waals surface area (Å²) in [6.45, 7) is 0.325. The van der Waals surface area contributed by atoms with Crippen molar-refractivity contribution in [3.05, 3.63) is 71.5 Å². The summed E-state index contributed by atoms with van der Waals surface area (Å²) in [4.78, 5) is 14.2. The molecule has 2 heterocycles. The number of amides is 2. The molecule has 3 aromatic carbocycles. The number of rotatable bonds is 2. The van der Waals surface area contributed by atoms with Crippen molar-refractivity contribution >= 4 is 34.2 Å². The van der Waals surface area contributed by atoms with Crippen LogP contribution < -0.4 is 16.0 Å². The highest BCUT2D eigenvalue weighted by molar-refractivity contribution is 6.04. The molecule has 0 fully saturated rings. The van der Waals surface area contributed by atoms with E-state index in [-0.39, 0.29) is 11.5 Å². The number of anilines is 3. The minimum absolute atomic E-state index is 0.271. The molecule has 1 aromatic heterocycles. The highest BCUT2D eigenvalue weighted by atomic mass is 19.4. The third-order valence-electron chi connectivity index (χ3n) is 5.53. The fourth-order valence-electron chi connectivity index (χ4n) is 4.05.